The van der Waals surface area contributed by atoms with Gasteiger partial charge < -0.3 is 19.8 Å². The Morgan fingerprint density at radius 3 is 2.32 bits per heavy atom. The maximum atomic E-state index is 10.6. The number of carbonyl (C=O) groups is 1. The maximum absolute atomic E-state index is 10.6. The molecule has 2 atom stereocenters. The number of nitrogens with zero attached hydrogens (tertiary/aromatic N) is 3. The number of aliphatic carboxylic acids is 1. The molecule has 2 N–H and O–H groups in total. The molecule has 0 unspecified atom stereocenters. The summed E-state index contributed by atoms with van der Waals surface area (Å²) in [6.45, 7) is 9.53. The first-order chi connectivity index (χ1) is 17.7. The summed E-state index contributed by atoms with van der Waals surface area (Å²) in [6.07, 6.45) is 0.195. The molecule has 2 fully saturated rings. The van der Waals surface area contributed by atoms with E-state index in [0.29, 0.717) is 12.1 Å². The molecule has 0 spiro atoms. The lowest BCUT2D eigenvalue weighted by Crippen LogP contribution is -2.56. The molecule has 0 radical (unpaired) electrons. The van der Waals surface area contributed by atoms with Crippen molar-refractivity contribution in [3.05, 3.63) is 58.7 Å². The molecule has 1 aromatic carbocycles. The van der Waals surface area contributed by atoms with E-state index in [1.165, 1.54) is 5.56 Å². The number of rotatable bonds is 5. The monoisotopic (exact) mass is 557 g/mol. The summed E-state index contributed by atoms with van der Waals surface area (Å²) in [5, 5.41) is 18.2. The number of pyridine rings is 1. The number of benzene rings is 1. The number of aliphatic hydroxyl groups is 1. The van der Waals surface area contributed by atoms with Gasteiger partial charge in [0.2, 0.25) is 0 Å². The van der Waals surface area contributed by atoms with Crippen LogP contribution in [0.15, 0.2) is 42.6 Å². The number of carboxylic acid groups (broad SMARTS) is 1. The van der Waals surface area contributed by atoms with Gasteiger partial charge in [0.05, 0.1) is 18.3 Å². The molecule has 0 aliphatic carbocycles. The van der Waals surface area contributed by atoms with E-state index in [0.717, 1.165) is 61.9 Å². The number of alkyl halides is 3. The highest BCUT2D eigenvalue weighted by Gasteiger charge is 2.38. The van der Waals surface area contributed by atoms with Gasteiger partial charge in [-0.15, -0.1) is 0 Å². The molecule has 2 aliphatic rings. The molecular weight excluding hydrogens is 523 g/mol. The standard InChI is InChI=1S/C25H34ClN3O2.C2HF3O2/c1-18-16-29(23(17-31-18)14-19-4-6-21(26)7-5-19)22-9-12-28(13-10-22)24-15-20(8-11-27-24)25(2,3)30;3-2(4,5)1(6)7/h4-8,11,15,18,22-23,30H,9-10,12-14,16-17H2,1-3H3;(H,6,7)/t18-,23-;/m0./s1. The van der Waals surface area contributed by atoms with Gasteiger partial charge in [-0.1, -0.05) is 23.7 Å². The fourth-order valence-electron chi connectivity index (χ4n) is 4.78. The smallest absolute Gasteiger partial charge is 0.475 e. The third-order valence-corrected chi connectivity index (χ3v) is 7.10. The van der Waals surface area contributed by atoms with Crippen LogP contribution in [0, 0.1) is 0 Å². The summed E-state index contributed by atoms with van der Waals surface area (Å²) in [5.74, 6) is -1.79. The number of morpholine rings is 1. The van der Waals surface area contributed by atoms with E-state index in [1.807, 2.05) is 38.1 Å². The summed E-state index contributed by atoms with van der Waals surface area (Å²) in [5.41, 5.74) is 1.36. The van der Waals surface area contributed by atoms with Crippen molar-refractivity contribution in [2.24, 2.45) is 0 Å². The Kier molecular flexibility index (Phi) is 10.0. The van der Waals surface area contributed by atoms with E-state index < -0.39 is 17.7 Å². The molecule has 3 heterocycles. The van der Waals surface area contributed by atoms with E-state index in [-0.39, 0.29) is 6.10 Å². The number of ether oxygens (including phenoxy) is 1. The van der Waals surface area contributed by atoms with Gasteiger partial charge in [0.15, 0.2) is 0 Å². The first-order valence-corrected chi connectivity index (χ1v) is 13.0. The topological polar surface area (TPSA) is 86.1 Å². The summed E-state index contributed by atoms with van der Waals surface area (Å²) in [7, 11) is 0. The highest BCUT2D eigenvalue weighted by Crippen LogP contribution is 2.29. The van der Waals surface area contributed by atoms with E-state index >= 15 is 0 Å². The van der Waals surface area contributed by atoms with Gasteiger partial charge in [-0.2, -0.15) is 13.2 Å². The predicted molar refractivity (Wildman–Crippen MR) is 139 cm³/mol. The molecule has 0 bridgehead atoms. The van der Waals surface area contributed by atoms with E-state index in [4.69, 9.17) is 26.2 Å². The molecule has 2 aromatic rings. The zero-order valence-electron chi connectivity index (χ0n) is 21.8. The van der Waals surface area contributed by atoms with Crippen molar-refractivity contribution >= 4 is 23.4 Å². The summed E-state index contributed by atoms with van der Waals surface area (Å²) in [6, 6.07) is 13.1. The summed E-state index contributed by atoms with van der Waals surface area (Å²) in [4.78, 5) is 18.5. The largest absolute Gasteiger partial charge is 0.490 e. The minimum absolute atomic E-state index is 0.268. The molecule has 1 aromatic heterocycles. The van der Waals surface area contributed by atoms with Gasteiger partial charge in [0.25, 0.3) is 0 Å². The second-order valence-corrected chi connectivity index (χ2v) is 10.7. The number of aromatic nitrogens is 1. The molecule has 7 nitrogen and oxygen atoms in total. The number of anilines is 1. The molecule has 38 heavy (non-hydrogen) atoms. The van der Waals surface area contributed by atoms with Gasteiger partial charge in [0.1, 0.15) is 5.82 Å². The van der Waals surface area contributed by atoms with Crippen LogP contribution in [0.4, 0.5) is 19.0 Å². The van der Waals surface area contributed by atoms with Gasteiger partial charge in [-0.3, -0.25) is 4.90 Å². The van der Waals surface area contributed by atoms with Crippen molar-refractivity contribution in [2.45, 2.75) is 70.0 Å². The van der Waals surface area contributed by atoms with Crippen LogP contribution in [0.1, 0.15) is 44.7 Å². The SMILES string of the molecule is C[C@H]1CN(C2CCN(c3cc(C(C)(C)O)ccn3)CC2)[C@@H](Cc2ccc(Cl)cc2)CO1.O=C(O)C(F)(F)F. The first kappa shape index (κ1) is 30.1. The van der Waals surface area contributed by atoms with Crippen LogP contribution in [0.3, 0.4) is 0 Å². The Hall–Kier alpha value is -2.40. The number of carboxylic acids is 1. The lowest BCUT2D eigenvalue weighted by atomic mass is 9.96. The van der Waals surface area contributed by atoms with Crippen LogP contribution in [0.5, 0.6) is 0 Å². The van der Waals surface area contributed by atoms with Gasteiger partial charge in [0, 0.05) is 42.9 Å². The van der Waals surface area contributed by atoms with Gasteiger partial charge in [-0.25, -0.2) is 9.78 Å². The highest BCUT2D eigenvalue weighted by molar-refractivity contribution is 6.30. The van der Waals surface area contributed by atoms with Crippen molar-refractivity contribution < 1.29 is 32.9 Å². The fourth-order valence-corrected chi connectivity index (χ4v) is 4.91. The van der Waals surface area contributed by atoms with Crippen molar-refractivity contribution in [3.8, 4) is 0 Å². The van der Waals surface area contributed by atoms with Crippen LogP contribution in [0.2, 0.25) is 5.02 Å². The molecular formula is C27H35ClF3N3O4. The molecule has 210 valence electrons. The van der Waals surface area contributed by atoms with Gasteiger partial charge in [-0.05, 0) is 75.4 Å². The molecule has 0 amide bonds. The van der Waals surface area contributed by atoms with Crippen LogP contribution in [-0.4, -0.2) is 76.7 Å². The van der Waals surface area contributed by atoms with Crippen molar-refractivity contribution in [1.82, 2.24) is 9.88 Å². The van der Waals surface area contributed by atoms with Crippen LogP contribution in [-0.2, 0) is 21.6 Å². The van der Waals surface area contributed by atoms with E-state index in [2.05, 4.69) is 33.8 Å². The molecule has 0 saturated carbocycles. The van der Waals surface area contributed by atoms with E-state index in [1.54, 1.807) is 6.20 Å². The summed E-state index contributed by atoms with van der Waals surface area (Å²) < 4.78 is 37.8. The van der Waals surface area contributed by atoms with Crippen LogP contribution in [0.25, 0.3) is 0 Å². The Bertz CT molecular complexity index is 1050. The van der Waals surface area contributed by atoms with Crippen LogP contribution >= 0.6 is 11.6 Å². The lowest BCUT2D eigenvalue weighted by molar-refractivity contribution is -0.192. The highest BCUT2D eigenvalue weighted by atomic mass is 35.5. The van der Waals surface area contributed by atoms with Gasteiger partial charge >= 0.3 is 12.1 Å². The molecule has 4 rings (SSSR count). The molecule has 2 saturated heterocycles. The second kappa shape index (κ2) is 12.6. The van der Waals surface area contributed by atoms with Crippen molar-refractivity contribution in [2.75, 3.05) is 31.1 Å². The Labute approximate surface area is 226 Å². The fraction of sp³-hybridized carbons (Fsp3) is 0.556. The number of hydrogen-bond acceptors (Lipinski definition) is 6. The molecule has 11 heteroatoms. The normalized spacial score (nSPS) is 21.5. The Morgan fingerprint density at radius 1 is 1.16 bits per heavy atom. The quantitative estimate of drug-likeness (QED) is 0.541. The average molecular weight is 558 g/mol. The predicted octanol–water partition coefficient (Wildman–Crippen LogP) is 4.90. The first-order valence-electron chi connectivity index (χ1n) is 12.6. The third-order valence-electron chi connectivity index (χ3n) is 6.85. The minimum Gasteiger partial charge on any atom is -0.475 e. The van der Waals surface area contributed by atoms with Crippen molar-refractivity contribution in [3.63, 3.8) is 0 Å². The Balaban J connectivity index is 0.000000505. The average Bonchev–Trinajstić information content (AvgIpc) is 2.86. The minimum atomic E-state index is -5.08. The number of hydrogen-bond donors (Lipinski definition) is 2. The third kappa shape index (κ3) is 8.56. The van der Waals surface area contributed by atoms with Crippen molar-refractivity contribution in [1.29, 1.82) is 0 Å². The maximum Gasteiger partial charge on any atom is 0.490 e. The van der Waals surface area contributed by atoms with Crippen LogP contribution < -0.4 is 4.90 Å². The number of piperidine rings is 1. The molecule has 2 aliphatic heterocycles. The van der Waals surface area contributed by atoms with E-state index in [9.17, 15) is 18.3 Å². The lowest BCUT2D eigenvalue weighted by Gasteiger charge is -2.46. The second-order valence-electron chi connectivity index (χ2n) is 10.3. The Morgan fingerprint density at radius 2 is 1.76 bits per heavy atom. The summed E-state index contributed by atoms with van der Waals surface area (Å²) >= 11 is 6.06. The number of halogens is 4. The zero-order chi connectivity index (χ0) is 28.1. The zero-order valence-corrected chi connectivity index (χ0v) is 22.5.